The lowest BCUT2D eigenvalue weighted by atomic mass is 10.0. The van der Waals surface area contributed by atoms with Gasteiger partial charge in [-0.05, 0) is 24.1 Å². The Kier molecular flexibility index (Phi) is 3.33. The van der Waals surface area contributed by atoms with Gasteiger partial charge in [-0.1, -0.05) is 42.5 Å². The Hall–Kier alpha value is -1.96. The summed E-state index contributed by atoms with van der Waals surface area (Å²) in [6.45, 7) is 1.83. The van der Waals surface area contributed by atoms with Crippen LogP contribution >= 0.6 is 0 Å². The monoisotopic (exact) mass is 228 g/mol. The quantitative estimate of drug-likeness (QED) is 0.734. The van der Waals surface area contributed by atoms with Crippen molar-refractivity contribution < 1.29 is 9.18 Å². The molecule has 2 aromatic carbocycles. The van der Waals surface area contributed by atoms with E-state index >= 15 is 0 Å². The average molecular weight is 228 g/mol. The first kappa shape index (κ1) is 11.5. The molecule has 0 N–H and O–H groups in total. The molecule has 0 aliphatic heterocycles. The minimum Gasteiger partial charge on any atom is -0.294 e. The van der Waals surface area contributed by atoms with E-state index in [0.717, 1.165) is 5.56 Å². The third-order valence-electron chi connectivity index (χ3n) is 2.66. The second kappa shape index (κ2) is 4.91. The molecule has 0 amide bonds. The van der Waals surface area contributed by atoms with E-state index in [4.69, 9.17) is 0 Å². The first-order chi connectivity index (χ1) is 8.16. The molecule has 0 spiro atoms. The Balaban J connectivity index is 2.19. The zero-order chi connectivity index (χ0) is 12.3. The third kappa shape index (κ3) is 2.78. The van der Waals surface area contributed by atoms with E-state index in [-0.39, 0.29) is 18.0 Å². The number of halogens is 1. The van der Waals surface area contributed by atoms with E-state index in [1.165, 1.54) is 6.07 Å². The van der Waals surface area contributed by atoms with Gasteiger partial charge in [-0.2, -0.15) is 0 Å². The first-order valence-electron chi connectivity index (χ1n) is 5.50. The normalized spacial score (nSPS) is 10.2. The maximum atomic E-state index is 13.6. The van der Waals surface area contributed by atoms with Crippen LogP contribution < -0.4 is 0 Å². The molecule has 0 saturated heterocycles. The number of hydrogen-bond acceptors (Lipinski definition) is 1. The third-order valence-corrected chi connectivity index (χ3v) is 2.66. The second-order valence-corrected chi connectivity index (χ2v) is 4.06. The van der Waals surface area contributed by atoms with Crippen LogP contribution in [0.2, 0.25) is 0 Å². The highest BCUT2D eigenvalue weighted by molar-refractivity contribution is 5.97. The van der Waals surface area contributed by atoms with Crippen LogP contribution in [0.1, 0.15) is 21.5 Å². The van der Waals surface area contributed by atoms with Crippen molar-refractivity contribution in [2.24, 2.45) is 0 Å². The van der Waals surface area contributed by atoms with Crippen molar-refractivity contribution in [3.8, 4) is 0 Å². The Labute approximate surface area is 99.9 Å². The lowest BCUT2D eigenvalue weighted by Crippen LogP contribution is -2.05. The topological polar surface area (TPSA) is 17.1 Å². The van der Waals surface area contributed by atoms with Gasteiger partial charge in [0.15, 0.2) is 5.78 Å². The Bertz CT molecular complexity index is 532. The molecule has 1 nitrogen and oxygen atoms in total. The zero-order valence-corrected chi connectivity index (χ0v) is 9.61. The van der Waals surface area contributed by atoms with Gasteiger partial charge in [0.2, 0.25) is 0 Å². The van der Waals surface area contributed by atoms with Crippen molar-refractivity contribution in [2.45, 2.75) is 13.3 Å². The number of rotatable bonds is 3. The van der Waals surface area contributed by atoms with E-state index < -0.39 is 0 Å². The van der Waals surface area contributed by atoms with E-state index in [2.05, 4.69) is 0 Å². The summed E-state index contributed by atoms with van der Waals surface area (Å²) in [6.07, 6.45) is 0.107. The molecule has 0 aliphatic rings. The number of Topliss-reactive ketones (excluding diaryl/α,β-unsaturated/α-hetero) is 1. The maximum absolute atomic E-state index is 13.6. The highest BCUT2D eigenvalue weighted by Crippen LogP contribution is 2.13. The molecule has 2 heteroatoms. The molecule has 0 heterocycles. The minimum atomic E-state index is -0.311. The van der Waals surface area contributed by atoms with Gasteiger partial charge >= 0.3 is 0 Å². The van der Waals surface area contributed by atoms with Crippen molar-refractivity contribution in [1.82, 2.24) is 0 Å². The minimum absolute atomic E-state index is 0.0617. The molecule has 2 aromatic rings. The summed E-state index contributed by atoms with van der Waals surface area (Å²) < 4.78 is 13.6. The summed E-state index contributed by atoms with van der Waals surface area (Å²) in [5.74, 6) is -0.373. The van der Waals surface area contributed by atoms with Gasteiger partial charge in [-0.3, -0.25) is 4.79 Å². The van der Waals surface area contributed by atoms with E-state index in [0.29, 0.717) is 11.1 Å². The Morgan fingerprint density at radius 3 is 2.47 bits per heavy atom. The number of carbonyl (C=O) groups is 1. The summed E-state index contributed by atoms with van der Waals surface area (Å²) >= 11 is 0. The molecule has 0 atom stereocenters. The lowest BCUT2D eigenvalue weighted by molar-refractivity contribution is 0.0992. The largest absolute Gasteiger partial charge is 0.294 e. The van der Waals surface area contributed by atoms with E-state index in [9.17, 15) is 9.18 Å². The van der Waals surface area contributed by atoms with Gasteiger partial charge in [0.1, 0.15) is 5.82 Å². The lowest BCUT2D eigenvalue weighted by Gasteiger charge is -2.04. The zero-order valence-electron chi connectivity index (χ0n) is 9.61. The molecule has 0 aliphatic carbocycles. The van der Waals surface area contributed by atoms with Gasteiger partial charge in [0.05, 0.1) is 0 Å². The summed E-state index contributed by atoms with van der Waals surface area (Å²) in [7, 11) is 0. The Morgan fingerprint density at radius 2 is 1.82 bits per heavy atom. The summed E-state index contributed by atoms with van der Waals surface area (Å²) in [5, 5.41) is 0. The summed E-state index contributed by atoms with van der Waals surface area (Å²) in [4.78, 5) is 11.9. The van der Waals surface area contributed by atoms with Gasteiger partial charge in [0, 0.05) is 12.0 Å². The summed E-state index contributed by atoms with van der Waals surface area (Å²) in [5.41, 5.74) is 1.93. The molecule has 0 fully saturated rings. The molecule has 0 radical (unpaired) electrons. The fourth-order valence-corrected chi connectivity index (χ4v) is 1.69. The van der Waals surface area contributed by atoms with Gasteiger partial charge < -0.3 is 0 Å². The molecule has 0 saturated carbocycles. The first-order valence-corrected chi connectivity index (χ1v) is 5.50. The van der Waals surface area contributed by atoms with Crippen LogP contribution in [-0.4, -0.2) is 5.78 Å². The van der Waals surface area contributed by atoms with E-state index in [1.807, 2.05) is 19.1 Å². The smallest absolute Gasteiger partial charge is 0.167 e. The van der Waals surface area contributed by atoms with Gasteiger partial charge in [-0.15, -0.1) is 0 Å². The molecule has 86 valence electrons. The maximum Gasteiger partial charge on any atom is 0.167 e. The molecular formula is C15H13FO. The number of hydrogen-bond donors (Lipinski definition) is 0. The number of carbonyl (C=O) groups excluding carboxylic acids is 1. The van der Waals surface area contributed by atoms with Crippen LogP contribution in [0.25, 0.3) is 0 Å². The van der Waals surface area contributed by atoms with Crippen LogP contribution in [0, 0.1) is 12.7 Å². The average Bonchev–Trinajstić information content (AvgIpc) is 2.34. The van der Waals surface area contributed by atoms with Crippen LogP contribution in [0.3, 0.4) is 0 Å². The molecule has 2 rings (SSSR count). The molecule has 0 bridgehead atoms. The SMILES string of the molecule is Cc1ccc(CC(=O)c2ccccc2)c(F)c1. The number of ketones is 1. The van der Waals surface area contributed by atoms with Gasteiger partial charge in [-0.25, -0.2) is 4.39 Å². The van der Waals surface area contributed by atoms with Gasteiger partial charge in [0.25, 0.3) is 0 Å². The fourth-order valence-electron chi connectivity index (χ4n) is 1.69. The van der Waals surface area contributed by atoms with Crippen LogP contribution in [0.4, 0.5) is 4.39 Å². The highest BCUT2D eigenvalue weighted by atomic mass is 19.1. The Morgan fingerprint density at radius 1 is 1.12 bits per heavy atom. The predicted octanol–water partition coefficient (Wildman–Crippen LogP) is 3.56. The van der Waals surface area contributed by atoms with Crippen LogP contribution in [-0.2, 0) is 6.42 Å². The van der Waals surface area contributed by atoms with Crippen molar-refractivity contribution in [3.63, 3.8) is 0 Å². The molecular weight excluding hydrogens is 215 g/mol. The number of aryl methyl sites for hydroxylation is 1. The van der Waals surface area contributed by atoms with Crippen LogP contribution in [0.5, 0.6) is 0 Å². The molecule has 17 heavy (non-hydrogen) atoms. The van der Waals surface area contributed by atoms with E-state index in [1.54, 1.807) is 30.3 Å². The molecule has 0 unspecified atom stereocenters. The highest BCUT2D eigenvalue weighted by Gasteiger charge is 2.09. The van der Waals surface area contributed by atoms with Crippen molar-refractivity contribution in [3.05, 3.63) is 71.0 Å². The number of benzene rings is 2. The molecule has 0 aromatic heterocycles. The second-order valence-electron chi connectivity index (χ2n) is 4.06. The van der Waals surface area contributed by atoms with Crippen LogP contribution in [0.15, 0.2) is 48.5 Å². The predicted molar refractivity (Wildman–Crippen MR) is 65.6 cm³/mol. The van der Waals surface area contributed by atoms with Crippen molar-refractivity contribution in [1.29, 1.82) is 0 Å². The fraction of sp³-hybridized carbons (Fsp3) is 0.133. The van der Waals surface area contributed by atoms with Crippen molar-refractivity contribution >= 4 is 5.78 Å². The standard InChI is InChI=1S/C15H13FO/c1-11-7-8-13(14(16)9-11)10-15(17)12-5-3-2-4-6-12/h2-9H,10H2,1H3. The van der Waals surface area contributed by atoms with Crippen molar-refractivity contribution in [2.75, 3.05) is 0 Å². The summed E-state index contributed by atoms with van der Waals surface area (Å²) in [6, 6.07) is 13.9.